The van der Waals surface area contributed by atoms with Crippen molar-refractivity contribution in [3.05, 3.63) is 47.5 Å². The number of amides is 3. The Morgan fingerprint density at radius 2 is 1.65 bits per heavy atom. The van der Waals surface area contributed by atoms with Gasteiger partial charge in [0, 0.05) is 23.1 Å². The second-order valence-corrected chi connectivity index (χ2v) is 5.61. The molecular formula is C18H18N2O3. The monoisotopic (exact) mass is 310 g/mol. The average molecular weight is 310 g/mol. The van der Waals surface area contributed by atoms with Crippen LogP contribution in [0.3, 0.4) is 0 Å². The fourth-order valence-electron chi connectivity index (χ4n) is 2.83. The summed E-state index contributed by atoms with van der Waals surface area (Å²) in [6, 6.07) is 10.7. The fourth-order valence-corrected chi connectivity index (χ4v) is 2.83. The van der Waals surface area contributed by atoms with E-state index in [0.717, 1.165) is 23.1 Å². The van der Waals surface area contributed by atoms with Crippen molar-refractivity contribution in [3.63, 3.8) is 0 Å². The number of hydrogen-bond donors (Lipinski definition) is 1. The Morgan fingerprint density at radius 3 is 2.22 bits per heavy atom. The fraction of sp³-hybridized carbons (Fsp3) is 0.278. The van der Waals surface area contributed by atoms with Gasteiger partial charge in [-0.25, -0.2) is 0 Å². The molecule has 5 nitrogen and oxygen atoms in total. The van der Waals surface area contributed by atoms with Crippen molar-refractivity contribution in [3.8, 4) is 0 Å². The smallest absolute Gasteiger partial charge is 0.261 e. The van der Waals surface area contributed by atoms with Crippen LogP contribution < -0.4 is 5.32 Å². The zero-order valence-electron chi connectivity index (χ0n) is 13.0. The average Bonchev–Trinajstić information content (AvgIpc) is 2.56. The van der Waals surface area contributed by atoms with E-state index in [-0.39, 0.29) is 12.5 Å². The first-order valence-corrected chi connectivity index (χ1v) is 7.78. The first-order valence-electron chi connectivity index (χ1n) is 7.78. The van der Waals surface area contributed by atoms with Crippen LogP contribution in [0.4, 0.5) is 0 Å². The third-order valence-corrected chi connectivity index (χ3v) is 4.01. The lowest BCUT2D eigenvalue weighted by Gasteiger charge is -2.26. The third-order valence-electron chi connectivity index (χ3n) is 4.01. The Labute approximate surface area is 134 Å². The van der Waals surface area contributed by atoms with Crippen LogP contribution in [-0.4, -0.2) is 35.7 Å². The van der Waals surface area contributed by atoms with Gasteiger partial charge in [-0.15, -0.1) is 0 Å². The second kappa shape index (κ2) is 6.20. The van der Waals surface area contributed by atoms with Crippen LogP contribution in [0.15, 0.2) is 36.4 Å². The zero-order chi connectivity index (χ0) is 16.4. The lowest BCUT2D eigenvalue weighted by Crippen LogP contribution is -2.46. The van der Waals surface area contributed by atoms with E-state index in [0.29, 0.717) is 23.1 Å². The van der Waals surface area contributed by atoms with Crippen LogP contribution in [0.2, 0.25) is 0 Å². The van der Waals surface area contributed by atoms with Crippen LogP contribution in [0.5, 0.6) is 0 Å². The molecule has 0 saturated heterocycles. The highest BCUT2D eigenvalue weighted by Crippen LogP contribution is 2.29. The molecule has 0 fully saturated rings. The van der Waals surface area contributed by atoms with Crippen molar-refractivity contribution in [1.29, 1.82) is 0 Å². The molecule has 0 atom stereocenters. The van der Waals surface area contributed by atoms with E-state index < -0.39 is 11.8 Å². The van der Waals surface area contributed by atoms with E-state index in [4.69, 9.17) is 0 Å². The van der Waals surface area contributed by atoms with E-state index in [1.807, 2.05) is 19.1 Å². The Kier molecular flexibility index (Phi) is 4.10. The Bertz CT molecular complexity index is 747. The molecule has 0 aliphatic carbocycles. The first kappa shape index (κ1) is 15.2. The number of unbranched alkanes of at least 4 members (excludes halogenated alkanes) is 1. The summed E-state index contributed by atoms with van der Waals surface area (Å²) < 4.78 is 0. The van der Waals surface area contributed by atoms with Crippen LogP contribution in [-0.2, 0) is 4.79 Å². The number of carbonyl (C=O) groups excluding carboxylic acids is 3. The van der Waals surface area contributed by atoms with Gasteiger partial charge < -0.3 is 5.32 Å². The molecule has 3 amide bonds. The molecule has 0 saturated carbocycles. The van der Waals surface area contributed by atoms with Crippen LogP contribution in [0.1, 0.15) is 40.5 Å². The normalized spacial score (nSPS) is 13.5. The summed E-state index contributed by atoms with van der Waals surface area (Å²) in [7, 11) is 0. The highest BCUT2D eigenvalue weighted by Gasteiger charge is 2.33. The van der Waals surface area contributed by atoms with Gasteiger partial charge in [-0.3, -0.25) is 19.3 Å². The maximum absolute atomic E-state index is 12.6. The van der Waals surface area contributed by atoms with E-state index in [1.165, 1.54) is 0 Å². The van der Waals surface area contributed by atoms with Gasteiger partial charge in [-0.2, -0.15) is 0 Å². The van der Waals surface area contributed by atoms with Crippen molar-refractivity contribution in [1.82, 2.24) is 10.2 Å². The van der Waals surface area contributed by atoms with Crippen molar-refractivity contribution in [2.45, 2.75) is 19.8 Å². The lowest BCUT2D eigenvalue weighted by molar-refractivity contribution is -0.121. The van der Waals surface area contributed by atoms with Crippen LogP contribution in [0, 0.1) is 0 Å². The van der Waals surface area contributed by atoms with Gasteiger partial charge in [-0.1, -0.05) is 37.6 Å². The summed E-state index contributed by atoms with van der Waals surface area (Å²) in [4.78, 5) is 38.2. The minimum atomic E-state index is -0.412. The second-order valence-electron chi connectivity index (χ2n) is 5.61. The molecule has 1 heterocycles. The number of nitrogens with one attached hydrogen (secondary N) is 1. The first-order chi connectivity index (χ1) is 11.1. The summed E-state index contributed by atoms with van der Waals surface area (Å²) in [5.74, 6) is -1.14. The Balaban J connectivity index is 1.90. The summed E-state index contributed by atoms with van der Waals surface area (Å²) >= 11 is 0. The minimum absolute atomic E-state index is 0.244. The maximum Gasteiger partial charge on any atom is 0.261 e. The number of nitrogens with zero attached hydrogens (tertiary/aromatic N) is 1. The number of imide groups is 1. The molecular weight excluding hydrogens is 292 g/mol. The van der Waals surface area contributed by atoms with Gasteiger partial charge in [0.1, 0.15) is 6.54 Å². The van der Waals surface area contributed by atoms with Crippen molar-refractivity contribution >= 4 is 28.5 Å². The summed E-state index contributed by atoms with van der Waals surface area (Å²) in [5.41, 5.74) is 0.943. The molecule has 0 bridgehead atoms. The quantitative estimate of drug-likeness (QED) is 0.681. The lowest BCUT2D eigenvalue weighted by atomic mass is 9.94. The zero-order valence-corrected chi connectivity index (χ0v) is 13.0. The third kappa shape index (κ3) is 2.70. The summed E-state index contributed by atoms with van der Waals surface area (Å²) in [5, 5.41) is 4.26. The molecule has 1 aliphatic rings. The predicted molar refractivity (Wildman–Crippen MR) is 87.2 cm³/mol. The summed E-state index contributed by atoms with van der Waals surface area (Å²) in [6.45, 7) is 2.34. The molecule has 2 aromatic rings. The van der Waals surface area contributed by atoms with Crippen molar-refractivity contribution < 1.29 is 14.4 Å². The largest absolute Gasteiger partial charge is 0.355 e. The van der Waals surface area contributed by atoms with E-state index in [2.05, 4.69) is 5.32 Å². The van der Waals surface area contributed by atoms with Gasteiger partial charge in [-0.05, 0) is 23.9 Å². The van der Waals surface area contributed by atoms with Crippen LogP contribution >= 0.6 is 0 Å². The summed E-state index contributed by atoms with van der Waals surface area (Å²) in [6.07, 6.45) is 1.84. The topological polar surface area (TPSA) is 66.5 Å². The van der Waals surface area contributed by atoms with Gasteiger partial charge in [0.15, 0.2) is 0 Å². The van der Waals surface area contributed by atoms with Crippen molar-refractivity contribution in [2.75, 3.05) is 13.1 Å². The van der Waals surface area contributed by atoms with E-state index in [1.54, 1.807) is 24.3 Å². The van der Waals surface area contributed by atoms with Gasteiger partial charge in [0.05, 0.1) is 0 Å². The molecule has 1 N–H and O–H groups in total. The Hall–Kier alpha value is -2.69. The van der Waals surface area contributed by atoms with E-state index >= 15 is 0 Å². The highest BCUT2D eigenvalue weighted by atomic mass is 16.2. The van der Waals surface area contributed by atoms with Gasteiger partial charge in [0.25, 0.3) is 11.8 Å². The molecule has 0 aromatic heterocycles. The predicted octanol–water partition coefficient (Wildman–Crippen LogP) is 2.35. The SMILES string of the molecule is CCCCNC(=O)CN1C(=O)c2cccc3cccc(c23)C1=O. The standard InChI is InChI=1S/C18H18N2O3/c1-2-3-10-19-15(21)11-20-17(22)13-8-4-6-12-7-5-9-14(16(12)13)18(20)23/h4-9H,2-3,10-11H2,1H3,(H,19,21). The molecule has 0 radical (unpaired) electrons. The molecule has 118 valence electrons. The Morgan fingerprint density at radius 1 is 1.04 bits per heavy atom. The van der Waals surface area contributed by atoms with E-state index in [9.17, 15) is 14.4 Å². The number of benzene rings is 2. The molecule has 5 heteroatoms. The molecule has 0 spiro atoms. The molecule has 3 rings (SSSR count). The minimum Gasteiger partial charge on any atom is -0.355 e. The number of hydrogen-bond acceptors (Lipinski definition) is 3. The number of rotatable bonds is 5. The molecule has 1 aliphatic heterocycles. The van der Waals surface area contributed by atoms with Gasteiger partial charge in [0.2, 0.25) is 5.91 Å². The molecule has 23 heavy (non-hydrogen) atoms. The molecule has 0 unspecified atom stereocenters. The van der Waals surface area contributed by atoms with Crippen molar-refractivity contribution in [2.24, 2.45) is 0 Å². The highest BCUT2D eigenvalue weighted by molar-refractivity contribution is 6.26. The molecule has 2 aromatic carbocycles. The van der Waals surface area contributed by atoms with Crippen LogP contribution in [0.25, 0.3) is 10.8 Å². The van der Waals surface area contributed by atoms with Gasteiger partial charge >= 0.3 is 0 Å². The number of carbonyl (C=O) groups is 3. The maximum atomic E-state index is 12.6.